The highest BCUT2D eigenvalue weighted by Gasteiger charge is 2.15. The topological polar surface area (TPSA) is 59.1 Å². The van der Waals surface area contributed by atoms with E-state index >= 15 is 0 Å². The smallest absolute Gasteiger partial charge is 0.211 e. The molecule has 0 saturated carbocycles. The minimum atomic E-state index is -3.24. The number of sulfonamides is 1. The average Bonchev–Trinajstić information content (AvgIpc) is 2.87. The molecule has 21 heavy (non-hydrogen) atoms. The van der Waals surface area contributed by atoms with Gasteiger partial charge in [-0.1, -0.05) is 6.07 Å². The Morgan fingerprint density at radius 2 is 1.95 bits per heavy atom. The van der Waals surface area contributed by atoms with Gasteiger partial charge in [-0.05, 0) is 19.1 Å². The van der Waals surface area contributed by atoms with Crippen LogP contribution in [0.15, 0.2) is 23.6 Å². The highest BCUT2D eigenvalue weighted by Crippen LogP contribution is 2.28. The first-order valence-electron chi connectivity index (χ1n) is 6.29. The number of nitrogens with one attached hydrogen (secondary N) is 1. The van der Waals surface area contributed by atoms with Gasteiger partial charge in [0.25, 0.3) is 0 Å². The van der Waals surface area contributed by atoms with E-state index in [0.29, 0.717) is 12.1 Å². The molecule has 8 heteroatoms. The number of nitrogens with zero attached hydrogens (tertiary/aromatic N) is 1. The first kappa shape index (κ1) is 16.0. The molecule has 1 aromatic carbocycles. The van der Waals surface area contributed by atoms with Crippen LogP contribution >= 0.6 is 11.3 Å². The summed E-state index contributed by atoms with van der Waals surface area (Å²) in [5, 5.41) is 1.92. The molecule has 0 radical (unpaired) electrons. The lowest BCUT2D eigenvalue weighted by Gasteiger charge is -2.02. The molecule has 2 aromatic rings. The van der Waals surface area contributed by atoms with Gasteiger partial charge in [0.1, 0.15) is 16.6 Å². The summed E-state index contributed by atoms with van der Waals surface area (Å²) in [6, 6.07) is 3.64. The zero-order valence-electron chi connectivity index (χ0n) is 11.3. The molecule has 0 atom stereocenters. The summed E-state index contributed by atoms with van der Waals surface area (Å²) >= 11 is 1.13. The molecule has 0 spiro atoms. The molecule has 4 nitrogen and oxygen atoms in total. The maximum Gasteiger partial charge on any atom is 0.211 e. The van der Waals surface area contributed by atoms with E-state index in [2.05, 4.69) is 9.71 Å². The first-order chi connectivity index (χ1) is 9.93. The largest absolute Gasteiger partial charge is 0.241 e. The monoisotopic (exact) mass is 332 g/mol. The van der Waals surface area contributed by atoms with Crippen molar-refractivity contribution in [1.29, 1.82) is 0 Å². The van der Waals surface area contributed by atoms with Crippen molar-refractivity contribution in [2.75, 3.05) is 12.3 Å². The molecular weight excluding hydrogens is 318 g/mol. The van der Waals surface area contributed by atoms with E-state index in [-0.39, 0.29) is 22.9 Å². The SMILES string of the molecule is CCS(=O)(=O)NCCc1csc(-c2c(F)cccc2F)n1. The molecular formula is C13H14F2N2O2S2. The number of halogens is 2. The highest BCUT2D eigenvalue weighted by molar-refractivity contribution is 7.89. The predicted octanol–water partition coefficient (Wildman–Crippen LogP) is 2.57. The van der Waals surface area contributed by atoms with Gasteiger partial charge < -0.3 is 0 Å². The van der Waals surface area contributed by atoms with Gasteiger partial charge in [0.2, 0.25) is 10.0 Å². The van der Waals surface area contributed by atoms with Crippen molar-refractivity contribution in [3.63, 3.8) is 0 Å². The van der Waals surface area contributed by atoms with E-state index in [4.69, 9.17) is 0 Å². The van der Waals surface area contributed by atoms with Gasteiger partial charge in [0.05, 0.1) is 17.0 Å². The van der Waals surface area contributed by atoms with Crippen LogP contribution in [-0.4, -0.2) is 25.7 Å². The third-order valence-electron chi connectivity index (χ3n) is 2.81. The van der Waals surface area contributed by atoms with Gasteiger partial charge >= 0.3 is 0 Å². The van der Waals surface area contributed by atoms with Gasteiger partial charge in [0, 0.05) is 18.3 Å². The molecule has 114 valence electrons. The summed E-state index contributed by atoms with van der Waals surface area (Å²) in [4.78, 5) is 4.15. The van der Waals surface area contributed by atoms with Gasteiger partial charge in [-0.25, -0.2) is 26.9 Å². The fourth-order valence-corrected chi connectivity index (χ4v) is 3.19. The van der Waals surface area contributed by atoms with Crippen LogP contribution in [0.2, 0.25) is 0 Å². The van der Waals surface area contributed by atoms with Crippen LogP contribution in [0.1, 0.15) is 12.6 Å². The number of benzene rings is 1. The van der Waals surface area contributed by atoms with Crippen molar-refractivity contribution in [3.8, 4) is 10.6 Å². The fraction of sp³-hybridized carbons (Fsp3) is 0.308. The average molecular weight is 332 g/mol. The Balaban J connectivity index is 2.09. The molecule has 2 rings (SSSR count). The second-order valence-corrected chi connectivity index (χ2v) is 7.24. The Bertz CT molecular complexity index is 709. The number of aromatic nitrogens is 1. The lowest BCUT2D eigenvalue weighted by atomic mass is 10.2. The minimum Gasteiger partial charge on any atom is -0.241 e. The molecule has 1 N–H and O–H groups in total. The molecule has 0 bridgehead atoms. The lowest BCUT2D eigenvalue weighted by molar-refractivity contribution is 0.582. The van der Waals surface area contributed by atoms with E-state index in [1.807, 2.05) is 0 Å². The summed E-state index contributed by atoms with van der Waals surface area (Å²) in [6.45, 7) is 1.75. The summed E-state index contributed by atoms with van der Waals surface area (Å²) < 4.78 is 52.2. The molecule has 0 amide bonds. The Kier molecular flexibility index (Phi) is 5.02. The van der Waals surface area contributed by atoms with Crippen LogP contribution in [0, 0.1) is 11.6 Å². The highest BCUT2D eigenvalue weighted by atomic mass is 32.2. The van der Waals surface area contributed by atoms with Crippen LogP contribution < -0.4 is 4.72 Å². The standard InChI is InChI=1S/C13H14F2N2O2S2/c1-2-21(18,19)16-7-6-9-8-20-13(17-9)12-10(14)4-3-5-11(12)15/h3-5,8,16H,2,6-7H2,1H3. The summed E-state index contributed by atoms with van der Waals surface area (Å²) in [5.74, 6) is -1.32. The molecule has 1 aromatic heterocycles. The third kappa shape index (κ3) is 4.05. The van der Waals surface area contributed by atoms with Gasteiger partial charge in [-0.3, -0.25) is 0 Å². The van der Waals surface area contributed by atoms with Crippen LogP contribution in [0.5, 0.6) is 0 Å². The van der Waals surface area contributed by atoms with Crippen molar-refractivity contribution in [3.05, 3.63) is 40.9 Å². The molecule has 0 aliphatic heterocycles. The zero-order chi connectivity index (χ0) is 15.5. The molecule has 0 aliphatic carbocycles. The van der Waals surface area contributed by atoms with Crippen molar-refractivity contribution in [2.24, 2.45) is 0 Å². The fourth-order valence-electron chi connectivity index (χ4n) is 1.68. The van der Waals surface area contributed by atoms with Crippen molar-refractivity contribution in [1.82, 2.24) is 9.71 Å². The van der Waals surface area contributed by atoms with E-state index < -0.39 is 21.7 Å². The minimum absolute atomic E-state index is 0.00968. The molecule has 0 fully saturated rings. The van der Waals surface area contributed by atoms with Crippen molar-refractivity contribution < 1.29 is 17.2 Å². The normalized spacial score (nSPS) is 11.8. The Morgan fingerprint density at radius 3 is 2.57 bits per heavy atom. The van der Waals surface area contributed by atoms with Crippen LogP contribution in [0.25, 0.3) is 10.6 Å². The number of hydrogen-bond donors (Lipinski definition) is 1. The third-order valence-corrected chi connectivity index (χ3v) is 5.12. The number of thiazole rings is 1. The van der Waals surface area contributed by atoms with E-state index in [1.54, 1.807) is 12.3 Å². The summed E-state index contributed by atoms with van der Waals surface area (Å²) in [7, 11) is -3.24. The van der Waals surface area contributed by atoms with Crippen molar-refractivity contribution >= 4 is 21.4 Å². The van der Waals surface area contributed by atoms with Crippen molar-refractivity contribution in [2.45, 2.75) is 13.3 Å². The van der Waals surface area contributed by atoms with E-state index in [0.717, 1.165) is 11.3 Å². The number of rotatable bonds is 6. The Hall–Kier alpha value is -1.38. The Morgan fingerprint density at radius 1 is 1.29 bits per heavy atom. The lowest BCUT2D eigenvalue weighted by Crippen LogP contribution is -2.27. The predicted molar refractivity (Wildman–Crippen MR) is 78.6 cm³/mol. The van der Waals surface area contributed by atoms with E-state index in [1.165, 1.54) is 18.2 Å². The maximum atomic E-state index is 13.6. The molecule has 0 aliphatic rings. The second kappa shape index (κ2) is 6.59. The second-order valence-electron chi connectivity index (χ2n) is 4.29. The first-order valence-corrected chi connectivity index (χ1v) is 8.82. The van der Waals surface area contributed by atoms with E-state index in [9.17, 15) is 17.2 Å². The van der Waals surface area contributed by atoms with Gasteiger partial charge in [-0.2, -0.15) is 0 Å². The zero-order valence-corrected chi connectivity index (χ0v) is 12.9. The number of hydrogen-bond acceptors (Lipinski definition) is 4. The van der Waals surface area contributed by atoms with Crippen LogP contribution in [0.4, 0.5) is 8.78 Å². The molecule has 1 heterocycles. The molecule has 0 saturated heterocycles. The quantitative estimate of drug-likeness (QED) is 0.884. The summed E-state index contributed by atoms with van der Waals surface area (Å²) in [6.07, 6.45) is 0.367. The van der Waals surface area contributed by atoms with Crippen LogP contribution in [-0.2, 0) is 16.4 Å². The summed E-state index contributed by atoms with van der Waals surface area (Å²) in [5.41, 5.74) is 0.444. The molecule has 0 unspecified atom stereocenters. The van der Waals surface area contributed by atoms with Gasteiger partial charge in [0.15, 0.2) is 0 Å². The van der Waals surface area contributed by atoms with Gasteiger partial charge in [-0.15, -0.1) is 11.3 Å². The van der Waals surface area contributed by atoms with Crippen LogP contribution in [0.3, 0.4) is 0 Å². The maximum absolute atomic E-state index is 13.6. The Labute approximate surface area is 125 Å².